The van der Waals surface area contributed by atoms with Crippen LogP contribution in [0.4, 0.5) is 4.79 Å². The third-order valence-corrected chi connectivity index (χ3v) is 4.35. The van der Waals surface area contributed by atoms with Gasteiger partial charge in [0.25, 0.3) is 0 Å². The molecule has 0 fully saturated rings. The maximum Gasteiger partial charge on any atom is 0.315 e. The van der Waals surface area contributed by atoms with Crippen molar-refractivity contribution < 1.29 is 4.79 Å². The number of carbonyl (C=O) groups is 1. The lowest BCUT2D eigenvalue weighted by atomic mass is 10.2. The lowest BCUT2D eigenvalue weighted by Gasteiger charge is -2.16. The van der Waals surface area contributed by atoms with Crippen molar-refractivity contribution in [2.75, 3.05) is 0 Å². The van der Waals surface area contributed by atoms with E-state index in [1.54, 1.807) is 11.3 Å². The Morgan fingerprint density at radius 3 is 2.75 bits per heavy atom. The molecule has 0 aliphatic rings. The van der Waals surface area contributed by atoms with Crippen LogP contribution in [0.5, 0.6) is 0 Å². The fraction of sp³-hybridized carbons (Fsp3) is 0.267. The molecule has 0 saturated heterocycles. The van der Waals surface area contributed by atoms with E-state index in [0.717, 1.165) is 12.0 Å². The SMILES string of the molecule is CCC(NC(=O)NCc1ccccc1Cl)c1cccs1. The summed E-state index contributed by atoms with van der Waals surface area (Å²) in [6.45, 7) is 2.48. The highest BCUT2D eigenvalue weighted by Crippen LogP contribution is 2.21. The second-order valence-electron chi connectivity index (χ2n) is 4.39. The van der Waals surface area contributed by atoms with Crippen LogP contribution in [0.15, 0.2) is 41.8 Å². The van der Waals surface area contributed by atoms with Gasteiger partial charge < -0.3 is 10.6 Å². The van der Waals surface area contributed by atoms with Crippen LogP contribution < -0.4 is 10.6 Å². The summed E-state index contributed by atoms with van der Waals surface area (Å²) >= 11 is 7.70. The molecule has 5 heteroatoms. The molecule has 1 atom stereocenters. The standard InChI is InChI=1S/C15H17ClN2OS/c1-2-13(14-8-5-9-20-14)18-15(19)17-10-11-6-3-4-7-12(11)16/h3-9,13H,2,10H2,1H3,(H2,17,18,19). The Hall–Kier alpha value is -1.52. The van der Waals surface area contributed by atoms with Crippen molar-refractivity contribution in [3.05, 3.63) is 57.2 Å². The zero-order chi connectivity index (χ0) is 14.4. The van der Waals surface area contributed by atoms with Crippen LogP contribution in [0, 0.1) is 0 Å². The predicted octanol–water partition coefficient (Wildman–Crippen LogP) is 4.35. The van der Waals surface area contributed by atoms with Crippen LogP contribution in [0.2, 0.25) is 5.02 Å². The minimum absolute atomic E-state index is 0.0567. The minimum Gasteiger partial charge on any atom is -0.334 e. The Labute approximate surface area is 128 Å². The lowest BCUT2D eigenvalue weighted by Crippen LogP contribution is -2.37. The number of carbonyl (C=O) groups excluding carboxylic acids is 1. The number of hydrogen-bond acceptors (Lipinski definition) is 2. The summed E-state index contributed by atoms with van der Waals surface area (Å²) < 4.78 is 0. The maximum atomic E-state index is 11.9. The molecule has 0 aliphatic heterocycles. The molecule has 1 aromatic heterocycles. The fourth-order valence-electron chi connectivity index (χ4n) is 1.89. The molecule has 1 heterocycles. The zero-order valence-corrected chi connectivity index (χ0v) is 12.8. The fourth-order valence-corrected chi connectivity index (χ4v) is 2.95. The third kappa shape index (κ3) is 3.99. The first-order valence-corrected chi connectivity index (χ1v) is 7.77. The second kappa shape index (κ2) is 7.31. The van der Waals surface area contributed by atoms with Gasteiger partial charge in [-0.25, -0.2) is 4.79 Å². The first-order chi connectivity index (χ1) is 9.70. The zero-order valence-electron chi connectivity index (χ0n) is 11.2. The molecule has 2 rings (SSSR count). The Bertz CT molecular complexity index is 557. The highest BCUT2D eigenvalue weighted by Gasteiger charge is 2.13. The number of halogens is 1. The Kier molecular flexibility index (Phi) is 5.44. The molecular formula is C15H17ClN2OS. The summed E-state index contributed by atoms with van der Waals surface area (Å²) in [6, 6.07) is 11.4. The summed E-state index contributed by atoms with van der Waals surface area (Å²) in [7, 11) is 0. The molecule has 2 aromatic rings. The molecule has 0 saturated carbocycles. The van der Waals surface area contributed by atoms with Gasteiger partial charge in [0, 0.05) is 16.4 Å². The molecule has 2 N–H and O–H groups in total. The third-order valence-electron chi connectivity index (χ3n) is 3.00. The van der Waals surface area contributed by atoms with Crippen LogP contribution in [0.1, 0.15) is 29.8 Å². The van der Waals surface area contributed by atoms with Gasteiger partial charge in [0.2, 0.25) is 0 Å². The largest absolute Gasteiger partial charge is 0.334 e. The summed E-state index contributed by atoms with van der Waals surface area (Å²) in [6.07, 6.45) is 0.861. The summed E-state index contributed by atoms with van der Waals surface area (Å²) in [4.78, 5) is 13.1. The van der Waals surface area contributed by atoms with Crippen molar-refractivity contribution in [2.24, 2.45) is 0 Å². The van der Waals surface area contributed by atoms with Crippen molar-refractivity contribution in [3.8, 4) is 0 Å². The molecule has 106 valence electrons. The molecular weight excluding hydrogens is 292 g/mol. The molecule has 3 nitrogen and oxygen atoms in total. The summed E-state index contributed by atoms with van der Waals surface area (Å²) in [5.74, 6) is 0. The minimum atomic E-state index is -0.176. The predicted molar refractivity (Wildman–Crippen MR) is 84.2 cm³/mol. The average molecular weight is 309 g/mol. The van der Waals surface area contributed by atoms with Gasteiger partial charge in [-0.3, -0.25) is 0 Å². The van der Waals surface area contributed by atoms with E-state index in [0.29, 0.717) is 11.6 Å². The summed E-state index contributed by atoms with van der Waals surface area (Å²) in [5.41, 5.74) is 0.911. The van der Waals surface area contributed by atoms with Gasteiger partial charge in [-0.05, 0) is 29.5 Å². The molecule has 1 aromatic carbocycles. The highest BCUT2D eigenvalue weighted by molar-refractivity contribution is 7.10. The quantitative estimate of drug-likeness (QED) is 0.847. The van der Waals surface area contributed by atoms with Crippen molar-refractivity contribution in [1.29, 1.82) is 0 Å². The smallest absolute Gasteiger partial charge is 0.315 e. The first kappa shape index (κ1) is 14.9. The topological polar surface area (TPSA) is 41.1 Å². The number of thiophene rings is 1. The monoisotopic (exact) mass is 308 g/mol. The number of urea groups is 1. The van der Waals surface area contributed by atoms with E-state index in [9.17, 15) is 4.79 Å². The van der Waals surface area contributed by atoms with E-state index >= 15 is 0 Å². The highest BCUT2D eigenvalue weighted by atomic mass is 35.5. The van der Waals surface area contributed by atoms with Crippen molar-refractivity contribution in [3.63, 3.8) is 0 Å². The average Bonchev–Trinajstić information content (AvgIpc) is 2.98. The Morgan fingerprint density at radius 1 is 1.30 bits per heavy atom. The van der Waals surface area contributed by atoms with Crippen molar-refractivity contribution in [2.45, 2.75) is 25.9 Å². The van der Waals surface area contributed by atoms with Gasteiger partial charge in [0.1, 0.15) is 0 Å². The molecule has 1 unspecified atom stereocenters. The van der Waals surface area contributed by atoms with Crippen LogP contribution in [0.25, 0.3) is 0 Å². The van der Waals surface area contributed by atoms with Crippen molar-refractivity contribution >= 4 is 29.0 Å². The van der Waals surface area contributed by atoms with Gasteiger partial charge in [-0.15, -0.1) is 11.3 Å². The van der Waals surface area contributed by atoms with Gasteiger partial charge in [-0.2, -0.15) is 0 Å². The van der Waals surface area contributed by atoms with E-state index in [2.05, 4.69) is 17.6 Å². The number of hydrogen-bond donors (Lipinski definition) is 2. The second-order valence-corrected chi connectivity index (χ2v) is 5.78. The molecule has 0 aliphatic carbocycles. The van der Waals surface area contributed by atoms with E-state index in [4.69, 9.17) is 11.6 Å². The molecule has 0 spiro atoms. The van der Waals surface area contributed by atoms with Gasteiger partial charge >= 0.3 is 6.03 Å². The van der Waals surface area contributed by atoms with E-state index in [-0.39, 0.29) is 12.1 Å². The normalized spacial score (nSPS) is 11.9. The Balaban J connectivity index is 1.88. The lowest BCUT2D eigenvalue weighted by molar-refractivity contribution is 0.236. The first-order valence-electron chi connectivity index (χ1n) is 6.52. The van der Waals surface area contributed by atoms with Gasteiger partial charge in [0.15, 0.2) is 0 Å². The molecule has 0 bridgehead atoms. The van der Waals surface area contributed by atoms with E-state index in [1.807, 2.05) is 41.8 Å². The van der Waals surface area contributed by atoms with Crippen molar-refractivity contribution in [1.82, 2.24) is 10.6 Å². The van der Waals surface area contributed by atoms with Gasteiger partial charge in [-0.1, -0.05) is 42.8 Å². The maximum absolute atomic E-state index is 11.9. The number of rotatable bonds is 5. The van der Waals surface area contributed by atoms with E-state index < -0.39 is 0 Å². The molecule has 2 amide bonds. The molecule has 0 radical (unpaired) electrons. The number of benzene rings is 1. The van der Waals surface area contributed by atoms with Gasteiger partial charge in [0.05, 0.1) is 6.04 Å². The van der Waals surface area contributed by atoms with Crippen LogP contribution in [-0.4, -0.2) is 6.03 Å². The summed E-state index contributed by atoms with van der Waals surface area (Å²) in [5, 5.41) is 8.49. The van der Waals surface area contributed by atoms with E-state index in [1.165, 1.54) is 4.88 Å². The number of amides is 2. The van der Waals surface area contributed by atoms with Crippen LogP contribution in [0.3, 0.4) is 0 Å². The van der Waals surface area contributed by atoms with Crippen LogP contribution in [-0.2, 0) is 6.54 Å². The number of nitrogens with one attached hydrogen (secondary N) is 2. The van der Waals surface area contributed by atoms with Crippen LogP contribution >= 0.6 is 22.9 Å². The molecule has 20 heavy (non-hydrogen) atoms. The Morgan fingerprint density at radius 2 is 2.10 bits per heavy atom.